The lowest BCUT2D eigenvalue weighted by Gasteiger charge is -2.43. The monoisotopic (exact) mass is 341 g/mol. The van der Waals surface area contributed by atoms with Crippen LogP contribution in [0.3, 0.4) is 0 Å². The zero-order valence-electron chi connectivity index (χ0n) is 14.9. The fourth-order valence-corrected chi connectivity index (χ4v) is 4.41. The number of hydrogen-bond acceptors (Lipinski definition) is 3. The van der Waals surface area contributed by atoms with Gasteiger partial charge in [-0.05, 0) is 28.8 Å². The largest absolute Gasteiger partial charge is 0.360 e. The third-order valence-electron chi connectivity index (χ3n) is 5.66. The summed E-state index contributed by atoms with van der Waals surface area (Å²) in [6, 6.07) is 24.4. The molecule has 1 aromatic heterocycles. The van der Waals surface area contributed by atoms with Gasteiger partial charge in [-0.15, -0.1) is 0 Å². The minimum atomic E-state index is 0.397. The SMILES string of the molecule is c1ccc(CN2CCN3c4cccnc4Cc4ccccc4C3C2)cc1. The molecule has 3 nitrogen and oxygen atoms in total. The van der Waals surface area contributed by atoms with E-state index in [1.807, 2.05) is 6.20 Å². The Morgan fingerprint density at radius 3 is 2.65 bits per heavy atom. The Balaban J connectivity index is 1.50. The summed E-state index contributed by atoms with van der Waals surface area (Å²) < 4.78 is 0. The van der Waals surface area contributed by atoms with Crippen LogP contribution < -0.4 is 4.90 Å². The van der Waals surface area contributed by atoms with Gasteiger partial charge in [-0.1, -0.05) is 54.6 Å². The predicted molar refractivity (Wildman–Crippen MR) is 105 cm³/mol. The lowest BCUT2D eigenvalue weighted by Crippen LogP contribution is -2.48. The van der Waals surface area contributed by atoms with Crippen molar-refractivity contribution in [1.29, 1.82) is 0 Å². The first-order valence-electron chi connectivity index (χ1n) is 9.43. The van der Waals surface area contributed by atoms with Crippen molar-refractivity contribution in [3.05, 3.63) is 95.3 Å². The van der Waals surface area contributed by atoms with Gasteiger partial charge in [0, 0.05) is 38.8 Å². The summed E-state index contributed by atoms with van der Waals surface area (Å²) in [6.07, 6.45) is 2.85. The average molecular weight is 341 g/mol. The van der Waals surface area contributed by atoms with E-state index < -0.39 is 0 Å². The molecule has 1 unspecified atom stereocenters. The molecule has 0 bridgehead atoms. The van der Waals surface area contributed by atoms with Crippen LogP contribution in [0.5, 0.6) is 0 Å². The molecule has 2 aliphatic rings. The van der Waals surface area contributed by atoms with Gasteiger partial charge in [0.1, 0.15) is 0 Å². The van der Waals surface area contributed by atoms with E-state index in [0.717, 1.165) is 32.6 Å². The van der Waals surface area contributed by atoms with Crippen LogP contribution in [0.1, 0.15) is 28.4 Å². The summed E-state index contributed by atoms with van der Waals surface area (Å²) >= 11 is 0. The zero-order chi connectivity index (χ0) is 17.3. The van der Waals surface area contributed by atoms with Crippen molar-refractivity contribution in [3.8, 4) is 0 Å². The van der Waals surface area contributed by atoms with Crippen LogP contribution in [0.15, 0.2) is 72.9 Å². The van der Waals surface area contributed by atoms with Gasteiger partial charge in [0.15, 0.2) is 0 Å². The van der Waals surface area contributed by atoms with Crippen molar-refractivity contribution in [1.82, 2.24) is 9.88 Å². The van der Waals surface area contributed by atoms with Crippen LogP contribution >= 0.6 is 0 Å². The molecule has 0 aliphatic carbocycles. The molecule has 0 N–H and O–H groups in total. The van der Waals surface area contributed by atoms with E-state index in [9.17, 15) is 0 Å². The lowest BCUT2D eigenvalue weighted by atomic mass is 9.96. The van der Waals surface area contributed by atoms with Crippen molar-refractivity contribution in [2.75, 3.05) is 24.5 Å². The number of pyridine rings is 1. The normalized spacial score (nSPS) is 19.2. The molecule has 26 heavy (non-hydrogen) atoms. The van der Waals surface area contributed by atoms with E-state index in [2.05, 4.69) is 76.5 Å². The highest BCUT2D eigenvalue weighted by atomic mass is 15.3. The number of benzene rings is 2. The Morgan fingerprint density at radius 1 is 0.885 bits per heavy atom. The van der Waals surface area contributed by atoms with Crippen molar-refractivity contribution >= 4 is 5.69 Å². The third-order valence-corrected chi connectivity index (χ3v) is 5.66. The molecule has 0 spiro atoms. The fraction of sp³-hybridized carbons (Fsp3) is 0.261. The minimum absolute atomic E-state index is 0.397. The van der Waals surface area contributed by atoms with E-state index in [0.29, 0.717) is 6.04 Å². The van der Waals surface area contributed by atoms with Gasteiger partial charge >= 0.3 is 0 Å². The summed E-state index contributed by atoms with van der Waals surface area (Å²) in [5, 5.41) is 0. The van der Waals surface area contributed by atoms with Crippen LogP contribution in [-0.2, 0) is 13.0 Å². The van der Waals surface area contributed by atoms with Crippen LogP contribution in [0.2, 0.25) is 0 Å². The van der Waals surface area contributed by atoms with E-state index in [4.69, 9.17) is 4.98 Å². The molecule has 0 amide bonds. The molecular formula is C23H23N3. The molecule has 1 atom stereocenters. The second-order valence-corrected chi connectivity index (χ2v) is 7.27. The van der Waals surface area contributed by atoms with Gasteiger partial charge in [-0.3, -0.25) is 9.88 Å². The molecule has 2 aliphatic heterocycles. The highest BCUT2D eigenvalue weighted by Crippen LogP contribution is 2.38. The molecule has 5 rings (SSSR count). The molecule has 1 saturated heterocycles. The van der Waals surface area contributed by atoms with Gasteiger partial charge in [-0.2, -0.15) is 0 Å². The molecule has 130 valence electrons. The van der Waals surface area contributed by atoms with Crippen molar-refractivity contribution in [2.24, 2.45) is 0 Å². The zero-order valence-corrected chi connectivity index (χ0v) is 14.9. The number of hydrogen-bond donors (Lipinski definition) is 0. The maximum absolute atomic E-state index is 4.70. The van der Waals surface area contributed by atoms with Crippen LogP contribution in [-0.4, -0.2) is 29.5 Å². The van der Waals surface area contributed by atoms with Crippen LogP contribution in [0.25, 0.3) is 0 Å². The number of nitrogens with zero attached hydrogens (tertiary/aromatic N) is 3. The van der Waals surface area contributed by atoms with Gasteiger partial charge < -0.3 is 4.90 Å². The fourth-order valence-electron chi connectivity index (χ4n) is 4.41. The summed E-state index contributed by atoms with van der Waals surface area (Å²) in [7, 11) is 0. The third kappa shape index (κ3) is 2.78. The smallest absolute Gasteiger partial charge is 0.0680 e. The second-order valence-electron chi connectivity index (χ2n) is 7.27. The Kier molecular flexibility index (Phi) is 3.95. The molecule has 2 aromatic carbocycles. The first kappa shape index (κ1) is 15.6. The highest BCUT2D eigenvalue weighted by Gasteiger charge is 2.33. The highest BCUT2D eigenvalue weighted by molar-refractivity contribution is 5.58. The van der Waals surface area contributed by atoms with E-state index in [1.54, 1.807) is 0 Å². The first-order chi connectivity index (χ1) is 12.9. The first-order valence-corrected chi connectivity index (χ1v) is 9.43. The topological polar surface area (TPSA) is 19.4 Å². The van der Waals surface area contributed by atoms with Crippen molar-refractivity contribution in [3.63, 3.8) is 0 Å². The van der Waals surface area contributed by atoms with Crippen molar-refractivity contribution < 1.29 is 0 Å². The maximum atomic E-state index is 4.70. The Bertz CT molecular complexity index is 906. The lowest BCUT2D eigenvalue weighted by molar-refractivity contribution is 0.215. The summed E-state index contributed by atoms with van der Waals surface area (Å²) in [4.78, 5) is 9.87. The number of anilines is 1. The van der Waals surface area contributed by atoms with Gasteiger partial charge in [0.25, 0.3) is 0 Å². The van der Waals surface area contributed by atoms with E-state index in [1.165, 1.54) is 28.1 Å². The van der Waals surface area contributed by atoms with Crippen LogP contribution in [0.4, 0.5) is 5.69 Å². The number of piperazine rings is 1. The standard InChI is InChI=1S/C23H23N3/c1-2-7-18(8-3-1)16-25-13-14-26-22-11-6-12-24-21(22)15-19-9-4-5-10-20(19)23(26)17-25/h1-12,23H,13-17H2. The molecule has 0 saturated carbocycles. The van der Waals surface area contributed by atoms with E-state index >= 15 is 0 Å². The summed E-state index contributed by atoms with van der Waals surface area (Å²) in [6.45, 7) is 4.21. The van der Waals surface area contributed by atoms with Crippen LogP contribution in [0, 0.1) is 0 Å². The molecule has 0 radical (unpaired) electrons. The number of rotatable bonds is 2. The number of fused-ring (bicyclic) bond motifs is 5. The summed E-state index contributed by atoms with van der Waals surface area (Å²) in [5.74, 6) is 0. The predicted octanol–water partition coefficient (Wildman–Crippen LogP) is 4.05. The number of aromatic nitrogens is 1. The minimum Gasteiger partial charge on any atom is -0.360 e. The van der Waals surface area contributed by atoms with Gasteiger partial charge in [-0.25, -0.2) is 0 Å². The molecule has 3 heteroatoms. The van der Waals surface area contributed by atoms with Crippen molar-refractivity contribution in [2.45, 2.75) is 19.0 Å². The van der Waals surface area contributed by atoms with Gasteiger partial charge in [0.2, 0.25) is 0 Å². The second kappa shape index (κ2) is 6.58. The Morgan fingerprint density at radius 2 is 1.73 bits per heavy atom. The Labute approximate surface area is 154 Å². The quantitative estimate of drug-likeness (QED) is 0.701. The maximum Gasteiger partial charge on any atom is 0.0680 e. The average Bonchev–Trinajstić information content (AvgIpc) is 2.83. The Hall–Kier alpha value is -2.65. The molecule has 3 aromatic rings. The van der Waals surface area contributed by atoms with Gasteiger partial charge in [0.05, 0.1) is 17.4 Å². The van der Waals surface area contributed by atoms with E-state index in [-0.39, 0.29) is 0 Å². The molecular weight excluding hydrogens is 318 g/mol. The summed E-state index contributed by atoms with van der Waals surface area (Å²) in [5.41, 5.74) is 6.79. The molecule has 3 heterocycles. The molecule has 1 fully saturated rings.